The van der Waals surface area contributed by atoms with E-state index in [1.54, 1.807) is 11.3 Å². The van der Waals surface area contributed by atoms with Crippen molar-refractivity contribution in [1.82, 2.24) is 4.57 Å². The molecule has 4 aromatic carbocycles. The molecule has 0 amide bonds. The van der Waals surface area contributed by atoms with Gasteiger partial charge >= 0.3 is 0 Å². The summed E-state index contributed by atoms with van der Waals surface area (Å²) in [7, 11) is 0. The summed E-state index contributed by atoms with van der Waals surface area (Å²) in [6.45, 7) is 3.44. The lowest BCUT2D eigenvalue weighted by Gasteiger charge is -2.08. The molecule has 0 aliphatic rings. The Bertz CT molecular complexity index is 1760. The topological polar surface area (TPSA) is 29.6 Å². The van der Waals surface area contributed by atoms with Crippen LogP contribution in [0.2, 0.25) is 0 Å². The van der Waals surface area contributed by atoms with Gasteiger partial charge in [0, 0.05) is 26.7 Å². The molecule has 0 fully saturated rings. The monoisotopic (exact) mass is 511 g/mol. The lowest BCUT2D eigenvalue weighted by molar-refractivity contribution is 1.18. The minimum atomic E-state index is 0.114. The van der Waals surface area contributed by atoms with E-state index in [0.717, 1.165) is 37.5 Å². The molecular formula is C29H19Cl2N3S. The fourth-order valence-electron chi connectivity index (χ4n) is 4.66. The number of fused-ring (bicyclic) bond motifs is 4. The minimum Gasteiger partial charge on any atom is -0.309 e. The second kappa shape index (κ2) is 8.97. The maximum absolute atomic E-state index is 6.33. The van der Waals surface area contributed by atoms with Crippen molar-refractivity contribution in [2.75, 3.05) is 0 Å². The van der Waals surface area contributed by atoms with Crippen LogP contribution in [0.5, 0.6) is 0 Å². The first-order chi connectivity index (χ1) is 17.2. The SMILES string of the molecule is C=N/C(Cl)=N\c1sc2ccc(-c3ccc4c(c3)c3ccccc3n4-c3ccccc3)cc2c1CCl. The number of para-hydroxylation sites is 2. The molecule has 0 unspecified atom stereocenters. The molecule has 2 heterocycles. The summed E-state index contributed by atoms with van der Waals surface area (Å²) in [6, 6.07) is 32.2. The van der Waals surface area contributed by atoms with Crippen molar-refractivity contribution in [2.24, 2.45) is 9.98 Å². The summed E-state index contributed by atoms with van der Waals surface area (Å²) >= 11 is 13.9. The van der Waals surface area contributed by atoms with E-state index in [-0.39, 0.29) is 5.29 Å². The van der Waals surface area contributed by atoms with Crippen LogP contribution in [0.4, 0.5) is 5.00 Å². The third-order valence-electron chi connectivity index (χ3n) is 6.25. The van der Waals surface area contributed by atoms with E-state index in [9.17, 15) is 0 Å². The van der Waals surface area contributed by atoms with Crippen molar-refractivity contribution >= 4 is 83.4 Å². The highest BCUT2D eigenvalue weighted by atomic mass is 35.5. The largest absolute Gasteiger partial charge is 0.309 e. The fourth-order valence-corrected chi connectivity index (χ4v) is 6.22. The summed E-state index contributed by atoms with van der Waals surface area (Å²) in [4.78, 5) is 8.08. The zero-order chi connectivity index (χ0) is 23.9. The number of alkyl halides is 1. The molecule has 0 radical (unpaired) electrons. The van der Waals surface area contributed by atoms with E-state index in [0.29, 0.717) is 5.88 Å². The number of halogens is 2. The van der Waals surface area contributed by atoms with Gasteiger partial charge in [0.25, 0.3) is 0 Å². The Hall–Kier alpha value is -3.44. The molecule has 170 valence electrons. The highest BCUT2D eigenvalue weighted by molar-refractivity contribution is 7.23. The van der Waals surface area contributed by atoms with Crippen molar-refractivity contribution in [1.29, 1.82) is 0 Å². The van der Waals surface area contributed by atoms with Crippen molar-refractivity contribution in [3.05, 3.63) is 96.6 Å². The summed E-state index contributed by atoms with van der Waals surface area (Å²) in [6.07, 6.45) is 0. The van der Waals surface area contributed by atoms with E-state index in [4.69, 9.17) is 23.2 Å². The van der Waals surface area contributed by atoms with E-state index >= 15 is 0 Å². The molecule has 6 heteroatoms. The van der Waals surface area contributed by atoms with Crippen molar-refractivity contribution in [3.63, 3.8) is 0 Å². The molecule has 6 aromatic rings. The van der Waals surface area contributed by atoms with Crippen LogP contribution in [0.3, 0.4) is 0 Å². The van der Waals surface area contributed by atoms with Gasteiger partial charge in [-0.05, 0) is 77.3 Å². The Morgan fingerprint density at radius 2 is 1.49 bits per heavy atom. The van der Waals surface area contributed by atoms with Crippen LogP contribution in [0.25, 0.3) is 48.7 Å². The second-order valence-corrected chi connectivity index (χ2v) is 9.83. The Morgan fingerprint density at radius 3 is 2.26 bits per heavy atom. The minimum absolute atomic E-state index is 0.114. The molecule has 35 heavy (non-hydrogen) atoms. The highest BCUT2D eigenvalue weighted by Gasteiger charge is 2.15. The molecule has 0 aliphatic heterocycles. The number of aromatic nitrogens is 1. The van der Waals surface area contributed by atoms with Gasteiger partial charge in [0.2, 0.25) is 5.29 Å². The van der Waals surface area contributed by atoms with E-state index < -0.39 is 0 Å². The number of amidine groups is 1. The number of aliphatic imine (C=N–C) groups is 2. The van der Waals surface area contributed by atoms with Gasteiger partial charge in [0.15, 0.2) is 0 Å². The third kappa shape index (κ3) is 3.75. The van der Waals surface area contributed by atoms with Crippen LogP contribution in [-0.4, -0.2) is 16.6 Å². The van der Waals surface area contributed by atoms with Crippen LogP contribution in [-0.2, 0) is 5.88 Å². The molecule has 0 atom stereocenters. The number of hydrogen-bond donors (Lipinski definition) is 0. The van der Waals surface area contributed by atoms with Crippen LogP contribution in [0.15, 0.2) is 101 Å². The second-order valence-electron chi connectivity index (χ2n) is 8.19. The first kappa shape index (κ1) is 22.1. The van der Waals surface area contributed by atoms with Gasteiger partial charge in [-0.25, -0.2) is 9.98 Å². The quantitative estimate of drug-likeness (QED) is 0.0975. The molecule has 2 aromatic heterocycles. The number of rotatable bonds is 4. The fraction of sp³-hybridized carbons (Fsp3) is 0.0345. The molecule has 0 saturated heterocycles. The smallest absolute Gasteiger partial charge is 0.223 e. The van der Waals surface area contributed by atoms with Crippen molar-refractivity contribution in [2.45, 2.75) is 5.88 Å². The summed E-state index contributed by atoms with van der Waals surface area (Å²) < 4.78 is 3.43. The van der Waals surface area contributed by atoms with Gasteiger partial charge < -0.3 is 4.57 Å². The predicted molar refractivity (Wildman–Crippen MR) is 154 cm³/mol. The van der Waals surface area contributed by atoms with Crippen LogP contribution in [0.1, 0.15) is 5.56 Å². The van der Waals surface area contributed by atoms with Crippen LogP contribution < -0.4 is 0 Å². The van der Waals surface area contributed by atoms with E-state index in [1.807, 2.05) is 6.07 Å². The van der Waals surface area contributed by atoms with Gasteiger partial charge in [-0.3, -0.25) is 0 Å². The number of nitrogens with zero attached hydrogens (tertiary/aromatic N) is 3. The van der Waals surface area contributed by atoms with Crippen molar-refractivity contribution in [3.8, 4) is 16.8 Å². The van der Waals surface area contributed by atoms with Gasteiger partial charge in [-0.2, -0.15) is 0 Å². The van der Waals surface area contributed by atoms with Gasteiger partial charge in [-0.1, -0.05) is 48.5 Å². The molecular weight excluding hydrogens is 493 g/mol. The molecule has 3 nitrogen and oxygen atoms in total. The zero-order valence-corrected chi connectivity index (χ0v) is 20.9. The number of hydrogen-bond acceptors (Lipinski definition) is 2. The molecule has 0 aliphatic carbocycles. The van der Waals surface area contributed by atoms with Gasteiger partial charge in [0.1, 0.15) is 5.00 Å². The maximum Gasteiger partial charge on any atom is 0.223 e. The molecule has 0 bridgehead atoms. The van der Waals surface area contributed by atoms with Gasteiger partial charge in [0.05, 0.1) is 16.9 Å². The third-order valence-corrected chi connectivity index (χ3v) is 7.83. The van der Waals surface area contributed by atoms with Gasteiger partial charge in [-0.15, -0.1) is 22.9 Å². The Balaban J connectivity index is 1.55. The summed E-state index contributed by atoms with van der Waals surface area (Å²) in [5, 5.41) is 4.42. The molecule has 6 rings (SSSR count). The highest BCUT2D eigenvalue weighted by Crippen LogP contribution is 2.42. The number of thiophene rings is 1. The maximum atomic E-state index is 6.33. The molecule has 0 spiro atoms. The summed E-state index contributed by atoms with van der Waals surface area (Å²) in [5.74, 6) is 0.340. The first-order valence-electron chi connectivity index (χ1n) is 11.1. The Labute approximate surface area is 216 Å². The van der Waals surface area contributed by atoms with Crippen LogP contribution >= 0.6 is 34.5 Å². The van der Waals surface area contributed by atoms with Crippen molar-refractivity contribution < 1.29 is 0 Å². The molecule has 0 N–H and O–H groups in total. The summed E-state index contributed by atoms with van der Waals surface area (Å²) in [5.41, 5.74) is 6.76. The van der Waals surface area contributed by atoms with Crippen LogP contribution in [0, 0.1) is 0 Å². The van der Waals surface area contributed by atoms with E-state index in [1.165, 1.54) is 21.8 Å². The lowest BCUT2D eigenvalue weighted by Crippen LogP contribution is -1.92. The van der Waals surface area contributed by atoms with E-state index in [2.05, 4.69) is 106 Å². The molecule has 0 saturated carbocycles. The standard InChI is InChI=1S/C29H19Cl2N3S/c1-32-29(31)33-28-24(17-30)23-16-19(12-14-27(23)35-28)18-11-13-26-22(15-18)21-9-5-6-10-25(21)34(26)20-7-3-2-4-8-20/h2-16H,1,17H2/b33-29-. The Kier molecular flexibility index (Phi) is 5.65. The average molecular weight is 512 g/mol. The average Bonchev–Trinajstić information content (AvgIpc) is 3.42. The zero-order valence-electron chi connectivity index (χ0n) is 18.6. The normalized spacial score (nSPS) is 12.1. The first-order valence-corrected chi connectivity index (χ1v) is 12.8. The predicted octanol–water partition coefficient (Wildman–Crippen LogP) is 9.33. The Morgan fingerprint density at radius 1 is 0.800 bits per heavy atom. The number of benzene rings is 4. The lowest BCUT2D eigenvalue weighted by atomic mass is 10.0.